The highest BCUT2D eigenvalue weighted by Gasteiger charge is 2.14. The molecule has 0 radical (unpaired) electrons. The lowest BCUT2D eigenvalue weighted by atomic mass is 10.1. The van der Waals surface area contributed by atoms with Gasteiger partial charge in [-0.25, -0.2) is 0 Å². The number of aliphatic imine (C=N–C) groups is 1. The van der Waals surface area contributed by atoms with Crippen LogP contribution < -0.4 is 5.32 Å². The smallest absolute Gasteiger partial charge is 0.231 e. The van der Waals surface area contributed by atoms with E-state index in [0.717, 1.165) is 28.1 Å². The standard InChI is InChI=1S/C19H15N3OS/c1-12-6-2-4-8-15(12)21-19-22-18(23)17(24-19)10-13-11-20-16-9-5-3-7-14(13)16/h2-11,23H,1H3,(H,21,22)/b13-10+. The Morgan fingerprint density at radius 3 is 2.75 bits per heavy atom. The summed E-state index contributed by atoms with van der Waals surface area (Å²) in [7, 11) is 0. The van der Waals surface area contributed by atoms with E-state index >= 15 is 0 Å². The van der Waals surface area contributed by atoms with Gasteiger partial charge in [-0.3, -0.25) is 4.99 Å². The highest BCUT2D eigenvalue weighted by atomic mass is 32.1. The summed E-state index contributed by atoms with van der Waals surface area (Å²) < 4.78 is 0. The SMILES string of the molecule is Cc1ccccc1Nc1nc(O)c(/C=C2\C=Nc3ccccc32)s1. The van der Waals surface area contributed by atoms with Gasteiger partial charge in [-0.1, -0.05) is 47.7 Å². The molecular formula is C19H15N3OS. The van der Waals surface area contributed by atoms with Gasteiger partial charge in [0.05, 0.1) is 10.6 Å². The fourth-order valence-electron chi connectivity index (χ4n) is 2.59. The van der Waals surface area contributed by atoms with Crippen molar-refractivity contribution in [3.05, 3.63) is 64.5 Å². The summed E-state index contributed by atoms with van der Waals surface area (Å²) in [6.45, 7) is 2.03. The second kappa shape index (κ2) is 5.94. The summed E-state index contributed by atoms with van der Waals surface area (Å²) in [5.74, 6) is 0.0290. The van der Waals surface area contributed by atoms with E-state index in [4.69, 9.17) is 0 Å². The van der Waals surface area contributed by atoms with Gasteiger partial charge in [0.15, 0.2) is 5.13 Å². The van der Waals surface area contributed by atoms with E-state index in [1.54, 1.807) is 0 Å². The van der Waals surface area contributed by atoms with E-state index in [0.29, 0.717) is 10.0 Å². The number of allylic oxidation sites excluding steroid dienone is 1. The number of fused-ring (bicyclic) bond motifs is 1. The Kier molecular flexibility index (Phi) is 3.63. The fraction of sp³-hybridized carbons (Fsp3) is 0.0526. The van der Waals surface area contributed by atoms with Gasteiger partial charge in [-0.05, 0) is 30.7 Å². The van der Waals surface area contributed by atoms with E-state index in [2.05, 4.69) is 15.3 Å². The Morgan fingerprint density at radius 1 is 1.08 bits per heavy atom. The first kappa shape index (κ1) is 14.7. The maximum Gasteiger partial charge on any atom is 0.231 e. The lowest BCUT2D eigenvalue weighted by Crippen LogP contribution is -1.91. The molecule has 0 saturated heterocycles. The Morgan fingerprint density at radius 2 is 1.88 bits per heavy atom. The van der Waals surface area contributed by atoms with Crippen LogP contribution in [0.25, 0.3) is 11.6 Å². The van der Waals surface area contributed by atoms with Crippen LogP contribution in [0.3, 0.4) is 0 Å². The van der Waals surface area contributed by atoms with E-state index in [-0.39, 0.29) is 5.88 Å². The van der Waals surface area contributed by atoms with E-state index in [9.17, 15) is 5.11 Å². The molecule has 0 bridgehead atoms. The molecule has 4 nitrogen and oxygen atoms in total. The predicted octanol–water partition coefficient (Wildman–Crippen LogP) is 5.16. The highest BCUT2D eigenvalue weighted by molar-refractivity contribution is 7.16. The Hall–Kier alpha value is -2.92. The number of rotatable bonds is 3. The molecule has 24 heavy (non-hydrogen) atoms. The first-order valence-corrected chi connectivity index (χ1v) is 8.40. The minimum absolute atomic E-state index is 0.0290. The zero-order valence-corrected chi connectivity index (χ0v) is 13.8. The molecule has 3 aromatic rings. The molecule has 0 fully saturated rings. The molecule has 2 N–H and O–H groups in total. The zero-order chi connectivity index (χ0) is 16.5. The average molecular weight is 333 g/mol. The number of anilines is 2. The molecule has 0 unspecified atom stereocenters. The number of hydrogen-bond donors (Lipinski definition) is 2. The molecule has 0 aliphatic carbocycles. The van der Waals surface area contributed by atoms with E-state index in [1.165, 1.54) is 11.3 Å². The van der Waals surface area contributed by atoms with Gasteiger partial charge in [0.1, 0.15) is 0 Å². The number of nitrogens with one attached hydrogen (secondary N) is 1. The molecule has 4 rings (SSSR count). The lowest BCUT2D eigenvalue weighted by Gasteiger charge is -2.04. The van der Waals surface area contributed by atoms with Crippen molar-refractivity contribution < 1.29 is 5.11 Å². The zero-order valence-electron chi connectivity index (χ0n) is 13.0. The molecule has 0 amide bonds. The first-order chi connectivity index (χ1) is 11.7. The highest BCUT2D eigenvalue weighted by Crippen LogP contribution is 2.37. The van der Waals surface area contributed by atoms with Crippen LogP contribution in [0.1, 0.15) is 16.0 Å². The molecule has 5 heteroatoms. The summed E-state index contributed by atoms with van der Waals surface area (Å²) in [5, 5.41) is 14.1. The second-order valence-corrected chi connectivity index (χ2v) is 6.55. The number of thiazole rings is 1. The molecule has 1 aliphatic heterocycles. The second-order valence-electron chi connectivity index (χ2n) is 5.52. The lowest BCUT2D eigenvalue weighted by molar-refractivity contribution is 0.457. The van der Waals surface area contributed by atoms with E-state index < -0.39 is 0 Å². The minimum Gasteiger partial charge on any atom is -0.492 e. The first-order valence-electron chi connectivity index (χ1n) is 7.58. The molecule has 2 aromatic carbocycles. The number of hydrogen-bond acceptors (Lipinski definition) is 5. The normalized spacial score (nSPS) is 14.1. The summed E-state index contributed by atoms with van der Waals surface area (Å²) >= 11 is 1.41. The molecule has 0 saturated carbocycles. The van der Waals surface area contributed by atoms with Crippen LogP contribution in [0.4, 0.5) is 16.5 Å². The maximum atomic E-state index is 10.2. The molecule has 1 aromatic heterocycles. The van der Waals surface area contributed by atoms with Gasteiger partial charge in [-0.2, -0.15) is 4.98 Å². The summed E-state index contributed by atoms with van der Waals surface area (Å²) in [4.78, 5) is 9.32. The number of aromatic hydroxyl groups is 1. The Labute approximate surface area is 143 Å². The van der Waals surface area contributed by atoms with Crippen molar-refractivity contribution in [1.82, 2.24) is 4.98 Å². The predicted molar refractivity (Wildman–Crippen MR) is 101 cm³/mol. The van der Waals surface area contributed by atoms with Crippen molar-refractivity contribution in [3.8, 4) is 5.88 Å². The van der Waals surface area contributed by atoms with Gasteiger partial charge >= 0.3 is 0 Å². The van der Waals surface area contributed by atoms with Gasteiger partial charge in [0, 0.05) is 23.0 Å². The largest absolute Gasteiger partial charge is 0.492 e. The molecule has 118 valence electrons. The molecule has 2 heterocycles. The van der Waals surface area contributed by atoms with Crippen molar-refractivity contribution >= 4 is 45.7 Å². The summed E-state index contributed by atoms with van der Waals surface area (Å²) in [6, 6.07) is 15.9. The molecular weight excluding hydrogens is 318 g/mol. The minimum atomic E-state index is 0.0290. The quantitative estimate of drug-likeness (QED) is 0.696. The summed E-state index contributed by atoms with van der Waals surface area (Å²) in [6.07, 6.45) is 3.74. The number of aryl methyl sites for hydroxylation is 1. The average Bonchev–Trinajstić information content (AvgIpc) is 3.14. The third kappa shape index (κ3) is 2.70. The van der Waals surface area contributed by atoms with Gasteiger partial charge < -0.3 is 10.4 Å². The third-order valence-electron chi connectivity index (χ3n) is 3.87. The summed E-state index contributed by atoms with van der Waals surface area (Å²) in [5.41, 5.74) is 5.11. The van der Waals surface area contributed by atoms with Gasteiger partial charge in [0.25, 0.3) is 0 Å². The van der Waals surface area contributed by atoms with Crippen LogP contribution in [0.5, 0.6) is 5.88 Å². The fourth-order valence-corrected chi connectivity index (χ4v) is 3.42. The van der Waals surface area contributed by atoms with Crippen LogP contribution in [0.2, 0.25) is 0 Å². The van der Waals surface area contributed by atoms with Crippen LogP contribution in [-0.2, 0) is 0 Å². The monoisotopic (exact) mass is 333 g/mol. The maximum absolute atomic E-state index is 10.2. The van der Waals surface area contributed by atoms with Gasteiger partial charge in [0.2, 0.25) is 5.88 Å². The molecule has 0 spiro atoms. The van der Waals surface area contributed by atoms with Crippen LogP contribution in [-0.4, -0.2) is 16.3 Å². The molecule has 1 aliphatic rings. The van der Waals surface area contributed by atoms with Crippen molar-refractivity contribution in [3.63, 3.8) is 0 Å². The topological polar surface area (TPSA) is 57.5 Å². The van der Waals surface area contributed by atoms with Crippen LogP contribution in [0, 0.1) is 6.92 Å². The van der Waals surface area contributed by atoms with Crippen LogP contribution in [0.15, 0.2) is 53.5 Å². The van der Waals surface area contributed by atoms with Gasteiger partial charge in [-0.15, -0.1) is 0 Å². The third-order valence-corrected chi connectivity index (χ3v) is 4.77. The number of aromatic nitrogens is 1. The Balaban J connectivity index is 1.65. The van der Waals surface area contributed by atoms with Crippen molar-refractivity contribution in [1.29, 1.82) is 0 Å². The number of para-hydroxylation sites is 2. The van der Waals surface area contributed by atoms with E-state index in [1.807, 2.05) is 67.7 Å². The number of benzene rings is 2. The Bertz CT molecular complexity index is 972. The van der Waals surface area contributed by atoms with Crippen molar-refractivity contribution in [2.75, 3.05) is 5.32 Å². The molecule has 0 atom stereocenters. The number of nitrogens with zero attached hydrogens (tertiary/aromatic N) is 2. The van der Waals surface area contributed by atoms with Crippen molar-refractivity contribution in [2.45, 2.75) is 6.92 Å². The van der Waals surface area contributed by atoms with Crippen molar-refractivity contribution in [2.24, 2.45) is 4.99 Å². The van der Waals surface area contributed by atoms with Crippen LogP contribution >= 0.6 is 11.3 Å².